The fraction of sp³-hybridized carbons (Fsp3) is 0.381. The van der Waals surface area contributed by atoms with E-state index < -0.39 is 10.0 Å². The molecule has 2 heterocycles. The van der Waals surface area contributed by atoms with E-state index in [0.717, 1.165) is 42.0 Å². The third-order valence-electron chi connectivity index (χ3n) is 5.26. The molecule has 4 rings (SSSR count). The summed E-state index contributed by atoms with van der Waals surface area (Å²) >= 11 is 1.74. The molecule has 0 spiro atoms. The Morgan fingerprint density at radius 3 is 2.43 bits per heavy atom. The molecule has 148 valence electrons. The van der Waals surface area contributed by atoms with Gasteiger partial charge in [-0.3, -0.25) is 4.79 Å². The molecular formula is C21H24N2O3S2. The van der Waals surface area contributed by atoms with Crippen LogP contribution in [0.15, 0.2) is 58.3 Å². The number of hydrogen-bond donors (Lipinski definition) is 0. The van der Waals surface area contributed by atoms with Gasteiger partial charge >= 0.3 is 0 Å². The minimum Gasteiger partial charge on any atom is -0.306 e. The van der Waals surface area contributed by atoms with E-state index >= 15 is 0 Å². The molecule has 1 amide bonds. The van der Waals surface area contributed by atoms with Gasteiger partial charge in [-0.25, -0.2) is 8.42 Å². The van der Waals surface area contributed by atoms with Crippen molar-refractivity contribution < 1.29 is 13.2 Å². The lowest BCUT2D eigenvalue weighted by atomic mass is 10.1. The molecule has 0 N–H and O–H groups in total. The topological polar surface area (TPSA) is 57.7 Å². The minimum absolute atomic E-state index is 0.152. The first-order valence-electron chi connectivity index (χ1n) is 9.71. The highest BCUT2D eigenvalue weighted by atomic mass is 32.2. The summed E-state index contributed by atoms with van der Waals surface area (Å²) in [7, 11) is -3.57. The summed E-state index contributed by atoms with van der Waals surface area (Å²) in [6.45, 7) is 1.72. The molecule has 0 unspecified atom stereocenters. The van der Waals surface area contributed by atoms with Crippen LogP contribution in [0.2, 0.25) is 0 Å². The summed E-state index contributed by atoms with van der Waals surface area (Å²) in [4.78, 5) is 16.2. The van der Waals surface area contributed by atoms with Gasteiger partial charge in [0.05, 0.1) is 10.6 Å². The molecule has 0 atom stereocenters. The van der Waals surface area contributed by atoms with E-state index in [9.17, 15) is 13.2 Å². The number of rotatable bonds is 3. The van der Waals surface area contributed by atoms with Crippen LogP contribution in [-0.4, -0.2) is 44.0 Å². The Kier molecular flexibility index (Phi) is 5.75. The normalized spacial score (nSPS) is 18.4. The minimum atomic E-state index is -3.57. The second kappa shape index (κ2) is 8.27. The predicted octanol–water partition coefficient (Wildman–Crippen LogP) is 4.00. The molecule has 2 aromatic carbocycles. The Morgan fingerprint density at radius 2 is 1.64 bits per heavy atom. The third-order valence-corrected chi connectivity index (χ3v) is 8.20. The first-order valence-corrected chi connectivity index (χ1v) is 12.1. The molecule has 28 heavy (non-hydrogen) atoms. The standard InChI is InChI=1S/C21H24N2O3S2/c24-21(23-14-15-27-20-11-4-3-10-19(20)23)17-8-7-9-18(16-17)28(25,26)22-12-5-1-2-6-13-22/h3-4,7-11,16H,1-2,5-6,12-15H2. The van der Waals surface area contributed by atoms with Crippen molar-refractivity contribution in [1.29, 1.82) is 0 Å². The summed E-state index contributed by atoms with van der Waals surface area (Å²) < 4.78 is 27.7. The molecule has 0 aliphatic carbocycles. The monoisotopic (exact) mass is 416 g/mol. The van der Waals surface area contributed by atoms with Crippen molar-refractivity contribution in [2.24, 2.45) is 0 Å². The number of carbonyl (C=O) groups excluding carboxylic acids is 1. The average molecular weight is 417 g/mol. The Hall–Kier alpha value is -1.83. The summed E-state index contributed by atoms with van der Waals surface area (Å²) in [5, 5.41) is 0. The van der Waals surface area contributed by atoms with Gasteiger partial charge in [-0.1, -0.05) is 31.0 Å². The van der Waals surface area contributed by atoms with Crippen LogP contribution in [0.4, 0.5) is 5.69 Å². The predicted molar refractivity (Wildman–Crippen MR) is 113 cm³/mol. The lowest BCUT2D eigenvalue weighted by Crippen LogP contribution is -2.36. The van der Waals surface area contributed by atoms with Gasteiger partial charge in [0.15, 0.2) is 0 Å². The maximum absolute atomic E-state index is 13.2. The SMILES string of the molecule is O=C(c1cccc(S(=O)(=O)N2CCCCCC2)c1)N1CCSc2ccccc21. The Bertz CT molecular complexity index is 967. The second-order valence-electron chi connectivity index (χ2n) is 7.12. The number of benzene rings is 2. The summed E-state index contributed by atoms with van der Waals surface area (Å²) in [5.74, 6) is 0.676. The molecule has 0 bridgehead atoms. The van der Waals surface area contributed by atoms with E-state index in [4.69, 9.17) is 0 Å². The lowest BCUT2D eigenvalue weighted by molar-refractivity contribution is 0.0987. The van der Waals surface area contributed by atoms with E-state index in [1.807, 2.05) is 24.3 Å². The number of carbonyl (C=O) groups is 1. The zero-order valence-corrected chi connectivity index (χ0v) is 17.3. The number of amides is 1. The van der Waals surface area contributed by atoms with Gasteiger partial charge in [-0.2, -0.15) is 4.31 Å². The molecule has 1 fully saturated rings. The van der Waals surface area contributed by atoms with Gasteiger partial charge in [-0.15, -0.1) is 11.8 Å². The van der Waals surface area contributed by atoms with Crippen LogP contribution in [0.3, 0.4) is 0 Å². The first-order chi connectivity index (χ1) is 13.6. The molecule has 0 saturated carbocycles. The number of fused-ring (bicyclic) bond motifs is 1. The van der Waals surface area contributed by atoms with Gasteiger partial charge < -0.3 is 4.90 Å². The Labute approximate surface area is 170 Å². The van der Waals surface area contributed by atoms with Crippen molar-refractivity contribution in [3.8, 4) is 0 Å². The molecule has 2 aliphatic rings. The molecule has 1 saturated heterocycles. The number of hydrogen-bond acceptors (Lipinski definition) is 4. The van der Waals surface area contributed by atoms with Crippen molar-refractivity contribution in [1.82, 2.24) is 4.31 Å². The highest BCUT2D eigenvalue weighted by Crippen LogP contribution is 2.35. The quantitative estimate of drug-likeness (QED) is 0.759. The molecule has 0 aromatic heterocycles. The van der Waals surface area contributed by atoms with Gasteiger partial charge in [0.1, 0.15) is 0 Å². The van der Waals surface area contributed by atoms with E-state index in [-0.39, 0.29) is 10.8 Å². The Balaban J connectivity index is 1.63. The fourth-order valence-electron chi connectivity index (χ4n) is 3.76. The zero-order valence-electron chi connectivity index (χ0n) is 15.7. The molecule has 2 aromatic rings. The highest BCUT2D eigenvalue weighted by Gasteiger charge is 2.28. The Morgan fingerprint density at radius 1 is 0.893 bits per heavy atom. The lowest BCUT2D eigenvalue weighted by Gasteiger charge is -2.29. The zero-order chi connectivity index (χ0) is 19.6. The number of thioether (sulfide) groups is 1. The van der Waals surface area contributed by atoms with E-state index in [0.29, 0.717) is 25.2 Å². The van der Waals surface area contributed by atoms with Crippen molar-refractivity contribution in [2.45, 2.75) is 35.5 Å². The van der Waals surface area contributed by atoms with Crippen LogP contribution in [0, 0.1) is 0 Å². The smallest absolute Gasteiger partial charge is 0.258 e. The van der Waals surface area contributed by atoms with Crippen molar-refractivity contribution in [3.63, 3.8) is 0 Å². The van der Waals surface area contributed by atoms with Crippen LogP contribution < -0.4 is 4.90 Å². The van der Waals surface area contributed by atoms with Gasteiger partial charge in [0.2, 0.25) is 10.0 Å². The molecule has 5 nitrogen and oxygen atoms in total. The molecular weight excluding hydrogens is 392 g/mol. The number of nitrogens with zero attached hydrogens (tertiary/aromatic N) is 2. The molecule has 7 heteroatoms. The van der Waals surface area contributed by atoms with Crippen LogP contribution in [0.5, 0.6) is 0 Å². The van der Waals surface area contributed by atoms with Crippen LogP contribution in [-0.2, 0) is 10.0 Å². The second-order valence-corrected chi connectivity index (χ2v) is 10.2. The van der Waals surface area contributed by atoms with E-state index in [1.165, 1.54) is 6.07 Å². The first kappa shape index (κ1) is 19.5. The van der Waals surface area contributed by atoms with Gasteiger partial charge in [-0.05, 0) is 43.2 Å². The van der Waals surface area contributed by atoms with E-state index in [1.54, 1.807) is 39.2 Å². The molecule has 2 aliphatic heterocycles. The summed E-state index contributed by atoms with van der Waals surface area (Å²) in [6.07, 6.45) is 3.91. The molecule has 0 radical (unpaired) electrons. The van der Waals surface area contributed by atoms with Crippen LogP contribution >= 0.6 is 11.8 Å². The summed E-state index contributed by atoms with van der Waals surface area (Å²) in [6, 6.07) is 14.3. The number of anilines is 1. The summed E-state index contributed by atoms with van der Waals surface area (Å²) in [5.41, 5.74) is 1.31. The van der Waals surface area contributed by atoms with Crippen LogP contribution in [0.25, 0.3) is 0 Å². The van der Waals surface area contributed by atoms with Gasteiger partial charge in [0.25, 0.3) is 5.91 Å². The maximum Gasteiger partial charge on any atom is 0.258 e. The highest BCUT2D eigenvalue weighted by molar-refractivity contribution is 7.99. The number of sulfonamides is 1. The van der Waals surface area contributed by atoms with E-state index in [2.05, 4.69) is 0 Å². The van der Waals surface area contributed by atoms with Crippen LogP contribution in [0.1, 0.15) is 36.0 Å². The average Bonchev–Trinajstić information content (AvgIpc) is 3.03. The number of para-hydroxylation sites is 1. The van der Waals surface area contributed by atoms with Crippen molar-refractivity contribution in [2.75, 3.05) is 30.3 Å². The fourth-order valence-corrected chi connectivity index (χ4v) is 6.32. The maximum atomic E-state index is 13.2. The van der Waals surface area contributed by atoms with Gasteiger partial charge in [0, 0.05) is 35.8 Å². The largest absolute Gasteiger partial charge is 0.306 e. The van der Waals surface area contributed by atoms with Crippen molar-refractivity contribution in [3.05, 3.63) is 54.1 Å². The van der Waals surface area contributed by atoms with Crippen molar-refractivity contribution >= 4 is 33.4 Å². The third kappa shape index (κ3) is 3.83.